The molecule has 0 aliphatic carbocycles. The van der Waals surface area contributed by atoms with Gasteiger partial charge in [0, 0.05) is 11.8 Å². The Morgan fingerprint density at radius 3 is 2.71 bits per heavy atom. The second-order valence-corrected chi connectivity index (χ2v) is 3.53. The molecular formula is C11H15NO4S. The first-order chi connectivity index (χ1) is 8.22. The molecule has 0 radical (unpaired) electrons. The van der Waals surface area contributed by atoms with Gasteiger partial charge in [0.25, 0.3) is 0 Å². The molecule has 0 spiro atoms. The third kappa shape index (κ3) is 6.03. The largest absolute Gasteiger partial charge is 0.491 e. The Kier molecular flexibility index (Phi) is 6.27. The maximum absolute atomic E-state index is 10.5. The summed E-state index contributed by atoms with van der Waals surface area (Å²) in [5, 5.41) is 0. The summed E-state index contributed by atoms with van der Waals surface area (Å²) in [6, 6.07) is 6.67. The van der Waals surface area contributed by atoms with Crippen LogP contribution in [0.1, 0.15) is 0 Å². The minimum Gasteiger partial charge on any atom is -0.491 e. The standard InChI is InChI=1S/C11H15NO4S/c12-11(13)16-10-3-1-2-9(8-10)15-5-4-14-6-7-17/h1-3,8,17H,4-7H2,(H2,12,13). The summed E-state index contributed by atoms with van der Waals surface area (Å²) in [7, 11) is 0. The lowest BCUT2D eigenvalue weighted by Crippen LogP contribution is -2.16. The zero-order valence-corrected chi connectivity index (χ0v) is 10.2. The molecule has 0 fully saturated rings. The minimum absolute atomic E-state index is 0.353. The highest BCUT2D eigenvalue weighted by Gasteiger charge is 2.00. The predicted molar refractivity (Wildman–Crippen MR) is 66.8 cm³/mol. The van der Waals surface area contributed by atoms with Crippen molar-refractivity contribution < 1.29 is 19.0 Å². The minimum atomic E-state index is -0.848. The molecule has 0 aromatic heterocycles. The van der Waals surface area contributed by atoms with Crippen molar-refractivity contribution in [2.75, 3.05) is 25.6 Å². The highest BCUT2D eigenvalue weighted by atomic mass is 32.1. The number of hydrogen-bond donors (Lipinski definition) is 2. The van der Waals surface area contributed by atoms with E-state index in [2.05, 4.69) is 12.6 Å². The van der Waals surface area contributed by atoms with E-state index in [-0.39, 0.29) is 0 Å². The van der Waals surface area contributed by atoms with Gasteiger partial charge in [-0.25, -0.2) is 4.79 Å². The van der Waals surface area contributed by atoms with Gasteiger partial charge in [-0.2, -0.15) is 12.6 Å². The maximum atomic E-state index is 10.5. The summed E-state index contributed by atoms with van der Waals surface area (Å²) in [5.41, 5.74) is 4.90. The lowest BCUT2D eigenvalue weighted by Gasteiger charge is -2.07. The van der Waals surface area contributed by atoms with Crippen LogP contribution >= 0.6 is 12.6 Å². The molecule has 0 bridgehead atoms. The average Bonchev–Trinajstić information content (AvgIpc) is 2.28. The molecule has 2 N–H and O–H groups in total. The van der Waals surface area contributed by atoms with Crippen LogP contribution in [0.4, 0.5) is 4.79 Å². The number of primary amides is 1. The van der Waals surface area contributed by atoms with Crippen LogP contribution in [-0.2, 0) is 4.74 Å². The Hall–Kier alpha value is -1.40. The van der Waals surface area contributed by atoms with E-state index in [1.807, 2.05) is 0 Å². The lowest BCUT2D eigenvalue weighted by atomic mass is 10.3. The zero-order valence-electron chi connectivity index (χ0n) is 9.30. The number of carbonyl (C=O) groups is 1. The van der Waals surface area contributed by atoms with E-state index in [9.17, 15) is 4.79 Å². The van der Waals surface area contributed by atoms with Gasteiger partial charge in [0.1, 0.15) is 18.1 Å². The molecular weight excluding hydrogens is 242 g/mol. The molecule has 94 valence electrons. The highest BCUT2D eigenvalue weighted by Crippen LogP contribution is 2.19. The van der Waals surface area contributed by atoms with Gasteiger partial charge < -0.3 is 19.9 Å². The van der Waals surface area contributed by atoms with E-state index < -0.39 is 6.09 Å². The topological polar surface area (TPSA) is 70.8 Å². The predicted octanol–water partition coefficient (Wildman–Crippen LogP) is 1.47. The van der Waals surface area contributed by atoms with E-state index in [0.717, 1.165) is 0 Å². The third-order valence-electron chi connectivity index (χ3n) is 1.76. The van der Waals surface area contributed by atoms with Crippen molar-refractivity contribution in [3.05, 3.63) is 24.3 Å². The van der Waals surface area contributed by atoms with Crippen LogP contribution in [-0.4, -0.2) is 31.7 Å². The van der Waals surface area contributed by atoms with E-state index in [0.29, 0.717) is 37.1 Å². The van der Waals surface area contributed by atoms with Crippen LogP contribution in [0.15, 0.2) is 24.3 Å². The molecule has 1 aromatic rings. The first-order valence-corrected chi connectivity index (χ1v) is 5.74. The molecule has 1 rings (SSSR count). The SMILES string of the molecule is NC(=O)Oc1cccc(OCCOCCS)c1. The van der Waals surface area contributed by atoms with E-state index in [1.54, 1.807) is 24.3 Å². The average molecular weight is 257 g/mol. The van der Waals surface area contributed by atoms with Crippen molar-refractivity contribution in [3.63, 3.8) is 0 Å². The molecule has 6 heteroatoms. The van der Waals surface area contributed by atoms with Crippen molar-refractivity contribution >= 4 is 18.7 Å². The quantitative estimate of drug-likeness (QED) is 0.573. The van der Waals surface area contributed by atoms with Crippen molar-refractivity contribution in [3.8, 4) is 11.5 Å². The van der Waals surface area contributed by atoms with Crippen LogP contribution in [0.3, 0.4) is 0 Å². The molecule has 17 heavy (non-hydrogen) atoms. The van der Waals surface area contributed by atoms with Crippen LogP contribution < -0.4 is 15.2 Å². The van der Waals surface area contributed by atoms with Crippen LogP contribution in [0.2, 0.25) is 0 Å². The number of carbonyl (C=O) groups excluding carboxylic acids is 1. The summed E-state index contributed by atoms with van der Waals surface area (Å²) in [4.78, 5) is 10.5. The van der Waals surface area contributed by atoms with Gasteiger partial charge in [0.05, 0.1) is 13.2 Å². The molecule has 0 saturated carbocycles. The Morgan fingerprint density at radius 2 is 2.00 bits per heavy atom. The van der Waals surface area contributed by atoms with Gasteiger partial charge in [-0.1, -0.05) is 6.07 Å². The highest BCUT2D eigenvalue weighted by molar-refractivity contribution is 7.80. The molecule has 0 unspecified atom stereocenters. The second-order valence-electron chi connectivity index (χ2n) is 3.08. The van der Waals surface area contributed by atoms with E-state index >= 15 is 0 Å². The Labute approximate surface area is 105 Å². The number of hydrogen-bond acceptors (Lipinski definition) is 5. The van der Waals surface area contributed by atoms with Crippen LogP contribution in [0.25, 0.3) is 0 Å². The van der Waals surface area contributed by atoms with Crippen molar-refractivity contribution in [1.29, 1.82) is 0 Å². The van der Waals surface area contributed by atoms with Gasteiger partial charge in [-0.15, -0.1) is 0 Å². The second kappa shape index (κ2) is 7.81. The summed E-state index contributed by atoms with van der Waals surface area (Å²) >= 11 is 4.01. The van der Waals surface area contributed by atoms with Crippen molar-refractivity contribution in [2.45, 2.75) is 0 Å². The molecule has 0 aliphatic heterocycles. The van der Waals surface area contributed by atoms with Gasteiger partial charge in [-0.3, -0.25) is 0 Å². The fourth-order valence-corrected chi connectivity index (χ4v) is 1.26. The number of ether oxygens (including phenoxy) is 3. The van der Waals surface area contributed by atoms with E-state index in [4.69, 9.17) is 19.9 Å². The first-order valence-electron chi connectivity index (χ1n) is 5.11. The summed E-state index contributed by atoms with van der Waals surface area (Å²) in [6.45, 7) is 1.51. The summed E-state index contributed by atoms with van der Waals surface area (Å²) in [5.74, 6) is 1.63. The summed E-state index contributed by atoms with van der Waals surface area (Å²) < 4.78 is 15.3. The number of nitrogens with two attached hydrogens (primary N) is 1. The monoisotopic (exact) mass is 257 g/mol. The lowest BCUT2D eigenvalue weighted by molar-refractivity contribution is 0.112. The molecule has 5 nitrogen and oxygen atoms in total. The zero-order chi connectivity index (χ0) is 12.5. The van der Waals surface area contributed by atoms with Gasteiger partial charge >= 0.3 is 6.09 Å². The Bertz CT molecular complexity index is 359. The van der Waals surface area contributed by atoms with Crippen molar-refractivity contribution in [1.82, 2.24) is 0 Å². The number of rotatable bonds is 7. The summed E-state index contributed by atoms with van der Waals surface area (Å²) in [6.07, 6.45) is -0.848. The molecule has 1 amide bonds. The smallest absolute Gasteiger partial charge is 0.409 e. The number of thiol groups is 1. The van der Waals surface area contributed by atoms with Crippen molar-refractivity contribution in [2.24, 2.45) is 5.73 Å². The van der Waals surface area contributed by atoms with Crippen LogP contribution in [0, 0.1) is 0 Å². The molecule has 0 atom stereocenters. The number of amides is 1. The fourth-order valence-electron chi connectivity index (χ4n) is 1.13. The number of benzene rings is 1. The fraction of sp³-hybridized carbons (Fsp3) is 0.364. The molecule has 0 heterocycles. The molecule has 0 saturated heterocycles. The third-order valence-corrected chi connectivity index (χ3v) is 1.94. The Balaban J connectivity index is 2.35. The van der Waals surface area contributed by atoms with Gasteiger partial charge in [0.2, 0.25) is 0 Å². The van der Waals surface area contributed by atoms with Gasteiger partial charge in [-0.05, 0) is 12.1 Å². The van der Waals surface area contributed by atoms with Crippen LogP contribution in [0.5, 0.6) is 11.5 Å². The Morgan fingerprint density at radius 1 is 1.24 bits per heavy atom. The molecule has 0 aliphatic rings. The van der Waals surface area contributed by atoms with Gasteiger partial charge in [0.15, 0.2) is 0 Å². The molecule has 1 aromatic carbocycles. The first kappa shape index (κ1) is 13.7. The van der Waals surface area contributed by atoms with E-state index in [1.165, 1.54) is 0 Å². The normalized spacial score (nSPS) is 9.94. The maximum Gasteiger partial charge on any atom is 0.409 e.